The molecule has 0 saturated carbocycles. The van der Waals surface area contributed by atoms with Gasteiger partial charge in [0.25, 0.3) is 0 Å². The lowest BCUT2D eigenvalue weighted by molar-refractivity contribution is -0.137. The molecule has 0 spiro atoms. The molecule has 0 fully saturated rings. The van der Waals surface area contributed by atoms with Crippen molar-refractivity contribution in [2.75, 3.05) is 13.2 Å². The van der Waals surface area contributed by atoms with Gasteiger partial charge in [0.2, 0.25) is 5.91 Å². The topological polar surface area (TPSA) is 75.6 Å². The number of amides is 1. The summed E-state index contributed by atoms with van der Waals surface area (Å²) in [5.41, 5.74) is 0. The predicted molar refractivity (Wildman–Crippen MR) is 60.2 cm³/mol. The lowest BCUT2D eigenvalue weighted by Gasteiger charge is -2.13. The molecule has 0 rings (SSSR count). The molecule has 16 heavy (non-hydrogen) atoms. The van der Waals surface area contributed by atoms with Crippen LogP contribution in [0.2, 0.25) is 0 Å². The van der Waals surface area contributed by atoms with Gasteiger partial charge in [-0.3, -0.25) is 9.59 Å². The van der Waals surface area contributed by atoms with Crippen LogP contribution in [0.15, 0.2) is 0 Å². The number of rotatable bonds is 9. The fourth-order valence-electron chi connectivity index (χ4n) is 1.25. The van der Waals surface area contributed by atoms with Crippen molar-refractivity contribution in [2.24, 2.45) is 0 Å². The lowest BCUT2D eigenvalue weighted by atomic mass is 10.2. The number of carboxylic acids is 1. The van der Waals surface area contributed by atoms with Crippen LogP contribution in [0.1, 0.15) is 39.5 Å². The molecule has 0 aliphatic carbocycles. The molecule has 2 N–H and O–H groups in total. The summed E-state index contributed by atoms with van der Waals surface area (Å²) < 4.78 is 5.16. The molecule has 0 radical (unpaired) electrons. The van der Waals surface area contributed by atoms with Crippen molar-refractivity contribution in [3.05, 3.63) is 0 Å². The largest absolute Gasteiger partial charge is 0.481 e. The number of hydrogen-bond acceptors (Lipinski definition) is 3. The summed E-state index contributed by atoms with van der Waals surface area (Å²) in [5, 5.41) is 11.2. The van der Waals surface area contributed by atoms with Crippen molar-refractivity contribution in [1.29, 1.82) is 0 Å². The minimum atomic E-state index is -0.815. The highest BCUT2D eigenvalue weighted by molar-refractivity contribution is 5.76. The Bertz CT molecular complexity index is 218. The number of carbonyl (C=O) groups is 2. The van der Waals surface area contributed by atoms with Crippen LogP contribution in [-0.2, 0) is 14.3 Å². The highest BCUT2D eigenvalue weighted by atomic mass is 16.5. The molecule has 1 amide bonds. The number of carbonyl (C=O) groups excluding carboxylic acids is 1. The van der Waals surface area contributed by atoms with E-state index in [-0.39, 0.29) is 18.4 Å². The van der Waals surface area contributed by atoms with Crippen LogP contribution in [0.5, 0.6) is 0 Å². The van der Waals surface area contributed by atoms with E-state index in [0.29, 0.717) is 32.5 Å². The van der Waals surface area contributed by atoms with Gasteiger partial charge in [0, 0.05) is 25.5 Å². The molecule has 94 valence electrons. The normalized spacial score (nSPS) is 12.1. The van der Waals surface area contributed by atoms with Crippen LogP contribution in [0.4, 0.5) is 0 Å². The SMILES string of the molecule is CCOCC(C)NC(=O)CCCCC(=O)O. The molecule has 1 atom stereocenters. The van der Waals surface area contributed by atoms with E-state index in [1.165, 1.54) is 0 Å². The van der Waals surface area contributed by atoms with Gasteiger partial charge in [-0.1, -0.05) is 0 Å². The van der Waals surface area contributed by atoms with Crippen LogP contribution < -0.4 is 5.32 Å². The molecule has 0 aliphatic heterocycles. The Hall–Kier alpha value is -1.10. The Kier molecular flexibility index (Phi) is 8.52. The first-order valence-electron chi connectivity index (χ1n) is 5.65. The molecule has 0 aliphatic rings. The van der Waals surface area contributed by atoms with Gasteiger partial charge in [0.05, 0.1) is 6.61 Å². The quantitative estimate of drug-likeness (QED) is 0.584. The fourth-order valence-corrected chi connectivity index (χ4v) is 1.25. The third kappa shape index (κ3) is 9.45. The van der Waals surface area contributed by atoms with Crippen LogP contribution >= 0.6 is 0 Å². The Morgan fingerprint density at radius 1 is 1.31 bits per heavy atom. The number of unbranched alkanes of at least 4 members (excludes halogenated alkanes) is 1. The molecular weight excluding hydrogens is 210 g/mol. The maximum absolute atomic E-state index is 11.3. The van der Waals surface area contributed by atoms with E-state index >= 15 is 0 Å². The summed E-state index contributed by atoms with van der Waals surface area (Å²) in [6.45, 7) is 4.93. The maximum atomic E-state index is 11.3. The minimum Gasteiger partial charge on any atom is -0.481 e. The van der Waals surface area contributed by atoms with Crippen molar-refractivity contribution >= 4 is 11.9 Å². The first-order chi connectivity index (χ1) is 7.56. The number of aliphatic carboxylic acids is 1. The number of hydrogen-bond donors (Lipinski definition) is 2. The van der Waals surface area contributed by atoms with Gasteiger partial charge < -0.3 is 15.2 Å². The van der Waals surface area contributed by atoms with E-state index in [2.05, 4.69) is 5.32 Å². The maximum Gasteiger partial charge on any atom is 0.303 e. The average Bonchev–Trinajstić information content (AvgIpc) is 2.21. The third-order valence-corrected chi connectivity index (χ3v) is 2.02. The van der Waals surface area contributed by atoms with Crippen LogP contribution in [-0.4, -0.2) is 36.2 Å². The first-order valence-corrected chi connectivity index (χ1v) is 5.65. The second-order valence-corrected chi connectivity index (χ2v) is 3.73. The molecule has 0 aromatic rings. The summed E-state index contributed by atoms with van der Waals surface area (Å²) in [6.07, 6.45) is 1.66. The fraction of sp³-hybridized carbons (Fsp3) is 0.818. The van der Waals surface area contributed by atoms with Gasteiger partial charge in [-0.05, 0) is 26.7 Å². The number of carboxylic acid groups (broad SMARTS) is 1. The van der Waals surface area contributed by atoms with Crippen molar-refractivity contribution in [3.63, 3.8) is 0 Å². The summed E-state index contributed by atoms with van der Waals surface area (Å²) in [7, 11) is 0. The predicted octanol–water partition coefficient (Wildman–Crippen LogP) is 1.17. The van der Waals surface area contributed by atoms with Gasteiger partial charge in [-0.15, -0.1) is 0 Å². The van der Waals surface area contributed by atoms with Crippen LogP contribution in [0.3, 0.4) is 0 Å². The molecular formula is C11H21NO4. The molecule has 0 bridgehead atoms. The molecule has 0 aromatic carbocycles. The van der Waals surface area contributed by atoms with E-state index < -0.39 is 5.97 Å². The molecule has 1 unspecified atom stereocenters. The van der Waals surface area contributed by atoms with Crippen molar-refractivity contribution in [1.82, 2.24) is 5.32 Å². The minimum absolute atomic E-state index is 0.00641. The zero-order chi connectivity index (χ0) is 12.4. The van der Waals surface area contributed by atoms with Crippen LogP contribution in [0.25, 0.3) is 0 Å². The number of ether oxygens (including phenoxy) is 1. The number of nitrogens with one attached hydrogen (secondary N) is 1. The summed E-state index contributed by atoms with van der Waals surface area (Å²) in [6, 6.07) is 0.00641. The lowest BCUT2D eigenvalue weighted by Crippen LogP contribution is -2.35. The van der Waals surface area contributed by atoms with E-state index in [1.807, 2.05) is 13.8 Å². The molecule has 0 heterocycles. The molecule has 5 nitrogen and oxygen atoms in total. The Labute approximate surface area is 96.2 Å². The van der Waals surface area contributed by atoms with Crippen molar-refractivity contribution in [3.8, 4) is 0 Å². The smallest absolute Gasteiger partial charge is 0.303 e. The van der Waals surface area contributed by atoms with E-state index in [9.17, 15) is 9.59 Å². The van der Waals surface area contributed by atoms with Gasteiger partial charge in [-0.2, -0.15) is 0 Å². The Balaban J connectivity index is 3.46. The highest BCUT2D eigenvalue weighted by Crippen LogP contribution is 2.00. The standard InChI is InChI=1S/C11H21NO4/c1-3-16-8-9(2)12-10(13)6-4-5-7-11(14)15/h9H,3-8H2,1-2H3,(H,12,13)(H,14,15). The second kappa shape index (κ2) is 9.15. The summed E-state index contributed by atoms with van der Waals surface area (Å²) in [4.78, 5) is 21.6. The summed E-state index contributed by atoms with van der Waals surface area (Å²) >= 11 is 0. The Morgan fingerprint density at radius 2 is 1.94 bits per heavy atom. The summed E-state index contributed by atoms with van der Waals surface area (Å²) in [5.74, 6) is -0.859. The van der Waals surface area contributed by atoms with Crippen molar-refractivity contribution < 1.29 is 19.4 Å². The second-order valence-electron chi connectivity index (χ2n) is 3.73. The van der Waals surface area contributed by atoms with Gasteiger partial charge in [-0.25, -0.2) is 0 Å². The van der Waals surface area contributed by atoms with E-state index in [4.69, 9.17) is 9.84 Å². The highest BCUT2D eigenvalue weighted by Gasteiger charge is 2.07. The molecule has 5 heteroatoms. The molecule has 0 saturated heterocycles. The van der Waals surface area contributed by atoms with Crippen molar-refractivity contribution in [2.45, 2.75) is 45.6 Å². The van der Waals surface area contributed by atoms with Crippen LogP contribution in [0, 0.1) is 0 Å². The third-order valence-electron chi connectivity index (χ3n) is 2.02. The van der Waals surface area contributed by atoms with Gasteiger partial charge in [0.15, 0.2) is 0 Å². The van der Waals surface area contributed by atoms with Gasteiger partial charge >= 0.3 is 5.97 Å². The van der Waals surface area contributed by atoms with Gasteiger partial charge in [0.1, 0.15) is 0 Å². The molecule has 0 aromatic heterocycles. The zero-order valence-corrected chi connectivity index (χ0v) is 9.99. The monoisotopic (exact) mass is 231 g/mol. The average molecular weight is 231 g/mol. The first kappa shape index (κ1) is 14.9. The van der Waals surface area contributed by atoms with E-state index in [1.54, 1.807) is 0 Å². The Morgan fingerprint density at radius 3 is 2.50 bits per heavy atom. The van der Waals surface area contributed by atoms with E-state index in [0.717, 1.165) is 0 Å². The zero-order valence-electron chi connectivity index (χ0n) is 9.99.